The number of methoxy groups -OCH3 is 1. The van der Waals surface area contributed by atoms with E-state index in [0.717, 1.165) is 5.41 Å². The van der Waals surface area contributed by atoms with E-state index in [-0.39, 0.29) is 17.5 Å². The van der Waals surface area contributed by atoms with Crippen LogP contribution in [-0.2, 0) is 19.4 Å². The Balaban J connectivity index is 1.94. The highest BCUT2D eigenvalue weighted by Gasteiger charge is 2.13. The lowest BCUT2D eigenvalue weighted by atomic mass is 10.2. The van der Waals surface area contributed by atoms with E-state index in [9.17, 15) is 9.00 Å². The van der Waals surface area contributed by atoms with Crippen molar-refractivity contribution in [2.75, 3.05) is 19.0 Å². The maximum atomic E-state index is 13.0. The molecule has 9 nitrogen and oxygen atoms in total. The topological polar surface area (TPSA) is 116 Å². The van der Waals surface area contributed by atoms with Crippen molar-refractivity contribution >= 4 is 27.3 Å². The molecule has 3 rings (SSSR count). The summed E-state index contributed by atoms with van der Waals surface area (Å²) in [4.78, 5) is 28.8. The summed E-state index contributed by atoms with van der Waals surface area (Å²) in [5, 5.41) is 3.89. The van der Waals surface area contributed by atoms with Crippen LogP contribution in [0.4, 0.5) is 11.6 Å². The lowest BCUT2D eigenvalue weighted by molar-refractivity contribution is 0.163. The minimum absolute atomic E-state index is 0.220. The van der Waals surface area contributed by atoms with Gasteiger partial charge < -0.3 is 10.1 Å². The summed E-state index contributed by atoms with van der Waals surface area (Å²) >= 11 is 0. The first-order valence-corrected chi connectivity index (χ1v) is 10.5. The number of aromatic nitrogens is 3. The monoisotopic (exact) mass is 425 g/mol. The number of nitrogens with zero attached hydrogens (tertiary/aromatic N) is 4. The quantitative estimate of drug-likeness (QED) is 0.431. The number of anilines is 2. The first kappa shape index (κ1) is 21.1. The molecule has 10 heteroatoms. The molecule has 3 aromatic rings. The third kappa shape index (κ3) is 4.87. The molecule has 0 radical (unpaired) electrons. The van der Waals surface area contributed by atoms with Gasteiger partial charge in [0.2, 0.25) is 5.95 Å². The summed E-state index contributed by atoms with van der Waals surface area (Å²) in [5.41, 5.74) is 1.26. The van der Waals surface area contributed by atoms with E-state index in [1.165, 1.54) is 12.3 Å². The van der Waals surface area contributed by atoms with Crippen LogP contribution in [0.1, 0.15) is 6.92 Å². The van der Waals surface area contributed by atoms with Gasteiger partial charge in [0.1, 0.15) is 33.2 Å². The van der Waals surface area contributed by atoms with Gasteiger partial charge in [0.15, 0.2) is 5.82 Å². The number of nitrogens with one attached hydrogen (secondary N) is 1. The molecule has 30 heavy (non-hydrogen) atoms. The van der Waals surface area contributed by atoms with Crippen LogP contribution in [0.15, 0.2) is 69.7 Å². The summed E-state index contributed by atoms with van der Waals surface area (Å²) in [7, 11) is -1.64. The second kappa shape index (κ2) is 9.75. The zero-order chi connectivity index (χ0) is 21.4. The molecule has 1 aromatic heterocycles. The fraction of sp³-hybridized carbons (Fsp3) is 0.150. The lowest BCUT2D eigenvalue weighted by Gasteiger charge is -2.10. The average molecular weight is 425 g/mol. The van der Waals surface area contributed by atoms with E-state index in [2.05, 4.69) is 24.8 Å². The molecule has 0 fully saturated rings. The predicted molar refractivity (Wildman–Crippen MR) is 112 cm³/mol. The van der Waals surface area contributed by atoms with Crippen molar-refractivity contribution in [3.8, 4) is 17.1 Å². The van der Waals surface area contributed by atoms with E-state index in [1.54, 1.807) is 38.3 Å². The van der Waals surface area contributed by atoms with Crippen LogP contribution in [0.5, 0.6) is 5.75 Å². The lowest BCUT2D eigenvalue weighted by Crippen LogP contribution is -2.03. The van der Waals surface area contributed by atoms with Gasteiger partial charge in [0.25, 0.3) is 0 Å². The molecule has 1 atom stereocenters. The highest BCUT2D eigenvalue weighted by Crippen LogP contribution is 2.27. The van der Waals surface area contributed by atoms with E-state index in [0.29, 0.717) is 22.8 Å². The van der Waals surface area contributed by atoms with Gasteiger partial charge in [-0.25, -0.2) is 23.8 Å². The molecule has 0 aliphatic rings. The van der Waals surface area contributed by atoms with Crippen molar-refractivity contribution < 1.29 is 18.6 Å². The first-order valence-electron chi connectivity index (χ1n) is 8.88. The molecule has 0 bridgehead atoms. The van der Waals surface area contributed by atoms with Crippen molar-refractivity contribution in [1.82, 2.24) is 15.0 Å². The molecule has 0 amide bonds. The standard InChI is InChI=1S/C20H19N5O4S/c1-3-29-25-30(27,12-11-26)16-8-6-7-15(13-16)23-20-22-14-21-19(24-20)17-9-4-5-10-18(17)28-2/h4-10,12-14H,3H2,1-2H3,(H,21,22,23,24). The summed E-state index contributed by atoms with van der Waals surface area (Å²) in [6.07, 6.45) is 1.38. The molecule has 2 aromatic carbocycles. The smallest absolute Gasteiger partial charge is 0.230 e. The van der Waals surface area contributed by atoms with Gasteiger partial charge in [-0.2, -0.15) is 4.98 Å². The van der Waals surface area contributed by atoms with Crippen LogP contribution < -0.4 is 10.1 Å². The number of hydrogen-bond acceptors (Lipinski definition) is 9. The fourth-order valence-electron chi connectivity index (χ4n) is 2.53. The molecule has 1 unspecified atom stereocenters. The van der Waals surface area contributed by atoms with E-state index in [1.807, 2.05) is 24.3 Å². The fourth-order valence-corrected chi connectivity index (χ4v) is 3.76. The van der Waals surface area contributed by atoms with Crippen LogP contribution in [0.2, 0.25) is 0 Å². The number of rotatable bonds is 8. The maximum Gasteiger partial charge on any atom is 0.230 e. The predicted octanol–water partition coefficient (Wildman–Crippen LogP) is 3.41. The van der Waals surface area contributed by atoms with E-state index < -0.39 is 9.73 Å². The SMILES string of the molecule is CCON=S(=O)(C=C=O)c1cccc(Nc2ncnc(-c3ccccc3OC)n2)c1. The van der Waals surface area contributed by atoms with Gasteiger partial charge in [-0.3, -0.25) is 0 Å². The van der Waals surface area contributed by atoms with Crippen LogP contribution in [-0.4, -0.2) is 38.8 Å². The zero-order valence-corrected chi connectivity index (χ0v) is 17.1. The number of carbonyl (C=O) groups excluding carboxylic acids is 1. The molecule has 154 valence electrons. The Kier molecular flexibility index (Phi) is 6.87. The Bertz CT molecular complexity index is 1200. The number of hydrogen-bond donors (Lipinski definition) is 1. The maximum absolute atomic E-state index is 13.0. The van der Waals surface area contributed by atoms with Crippen molar-refractivity contribution in [2.45, 2.75) is 11.8 Å². The molecule has 0 spiro atoms. The van der Waals surface area contributed by atoms with Crippen molar-refractivity contribution in [2.24, 2.45) is 4.53 Å². The zero-order valence-electron chi connectivity index (χ0n) is 16.3. The number of ether oxygens (including phenoxy) is 1. The molecule has 0 aliphatic carbocycles. The van der Waals surface area contributed by atoms with E-state index >= 15 is 0 Å². The first-order chi connectivity index (χ1) is 14.6. The largest absolute Gasteiger partial charge is 0.496 e. The molecule has 0 saturated carbocycles. The van der Waals surface area contributed by atoms with Crippen LogP contribution in [0.25, 0.3) is 11.4 Å². The Hall–Kier alpha value is -3.59. The van der Waals surface area contributed by atoms with Gasteiger partial charge >= 0.3 is 0 Å². The summed E-state index contributed by atoms with van der Waals surface area (Å²) < 4.78 is 22.0. The Morgan fingerprint density at radius 2 is 2.03 bits per heavy atom. The summed E-state index contributed by atoms with van der Waals surface area (Å²) in [6.45, 7) is 1.92. The summed E-state index contributed by atoms with van der Waals surface area (Å²) in [6, 6.07) is 13.9. The van der Waals surface area contributed by atoms with Crippen LogP contribution in [0, 0.1) is 0 Å². The minimum Gasteiger partial charge on any atom is -0.496 e. The van der Waals surface area contributed by atoms with Gasteiger partial charge in [0, 0.05) is 5.69 Å². The number of para-hydroxylation sites is 1. The Morgan fingerprint density at radius 1 is 1.20 bits per heavy atom. The highest BCUT2D eigenvalue weighted by molar-refractivity contribution is 7.96. The third-order valence-corrected chi connectivity index (χ3v) is 5.52. The van der Waals surface area contributed by atoms with Gasteiger partial charge in [-0.05, 0) is 37.3 Å². The molecule has 0 aliphatic heterocycles. The molecule has 1 N–H and O–H groups in total. The van der Waals surface area contributed by atoms with Gasteiger partial charge in [0.05, 0.1) is 24.2 Å². The second-order valence-electron chi connectivity index (χ2n) is 5.78. The third-order valence-electron chi connectivity index (χ3n) is 3.85. The molecule has 1 heterocycles. The van der Waals surface area contributed by atoms with Gasteiger partial charge in [-0.1, -0.05) is 22.7 Å². The highest BCUT2D eigenvalue weighted by atomic mass is 32.2. The Labute approximate surface area is 174 Å². The van der Waals surface area contributed by atoms with Crippen LogP contribution >= 0.6 is 0 Å². The van der Waals surface area contributed by atoms with Crippen molar-refractivity contribution in [3.05, 3.63) is 60.3 Å². The molecular weight excluding hydrogens is 406 g/mol. The molecule has 0 saturated heterocycles. The molecular formula is C20H19N5O4S. The normalized spacial score (nSPS) is 12.3. The Morgan fingerprint density at radius 3 is 2.80 bits per heavy atom. The van der Waals surface area contributed by atoms with E-state index in [4.69, 9.17) is 9.57 Å². The minimum atomic E-state index is -3.21. The number of benzene rings is 2. The second-order valence-corrected chi connectivity index (χ2v) is 7.78. The average Bonchev–Trinajstić information content (AvgIpc) is 2.78. The van der Waals surface area contributed by atoms with Gasteiger partial charge in [-0.15, -0.1) is 0 Å². The van der Waals surface area contributed by atoms with Crippen molar-refractivity contribution in [1.29, 1.82) is 0 Å². The summed E-state index contributed by atoms with van der Waals surface area (Å²) in [5.74, 6) is 2.88. The van der Waals surface area contributed by atoms with Crippen molar-refractivity contribution in [3.63, 3.8) is 0 Å². The van der Waals surface area contributed by atoms with Crippen LogP contribution in [0.3, 0.4) is 0 Å².